The Morgan fingerprint density at radius 3 is 1.47 bits per heavy atom. The van der Waals surface area contributed by atoms with Gasteiger partial charge in [-0.1, -0.05) is 77.6 Å². The number of hydrogen-bond acceptors (Lipinski definition) is 2. The number of hydrogen-bond donors (Lipinski definition) is 1. The van der Waals surface area contributed by atoms with E-state index in [-0.39, 0.29) is 0 Å². The third-order valence-electron chi connectivity index (χ3n) is 3.64. The lowest BCUT2D eigenvalue weighted by molar-refractivity contribution is 0.548. The molecule has 0 aromatic rings. The first kappa shape index (κ1) is 19.3. The highest BCUT2D eigenvalue weighted by Crippen LogP contribution is 2.13. The first-order valence-corrected chi connectivity index (χ1v) is 9.85. The van der Waals surface area contributed by atoms with Crippen molar-refractivity contribution < 1.29 is 0 Å². The molecule has 0 spiro atoms. The van der Waals surface area contributed by atoms with E-state index in [0.29, 0.717) is 0 Å². The lowest BCUT2D eigenvalue weighted by atomic mass is 10.1. The first-order valence-electron chi connectivity index (χ1n) is 8.69. The second kappa shape index (κ2) is 18.3. The lowest BCUT2D eigenvalue weighted by Gasteiger charge is -2.03. The molecule has 1 nitrogen and oxygen atoms in total. The van der Waals surface area contributed by atoms with Gasteiger partial charge >= 0.3 is 0 Å². The average molecular weight is 288 g/mol. The van der Waals surface area contributed by atoms with Gasteiger partial charge in [0.05, 0.1) is 0 Å². The van der Waals surface area contributed by atoms with Gasteiger partial charge in [0.15, 0.2) is 0 Å². The van der Waals surface area contributed by atoms with Gasteiger partial charge in [0.1, 0.15) is 0 Å². The molecule has 0 amide bonds. The maximum Gasteiger partial charge on any atom is -0.00555 e. The van der Waals surface area contributed by atoms with Crippen molar-refractivity contribution in [3.8, 4) is 0 Å². The Morgan fingerprint density at radius 2 is 1.00 bits per heavy atom. The van der Waals surface area contributed by atoms with Gasteiger partial charge in [0.2, 0.25) is 0 Å². The van der Waals surface area contributed by atoms with Crippen molar-refractivity contribution >= 4 is 11.8 Å². The van der Waals surface area contributed by atoms with Crippen LogP contribution in [-0.2, 0) is 0 Å². The van der Waals surface area contributed by atoms with E-state index in [1.54, 1.807) is 0 Å². The van der Waals surface area contributed by atoms with E-state index in [4.69, 9.17) is 5.73 Å². The van der Waals surface area contributed by atoms with Crippen molar-refractivity contribution in [1.82, 2.24) is 0 Å². The van der Waals surface area contributed by atoms with E-state index in [9.17, 15) is 0 Å². The maximum atomic E-state index is 5.47. The Labute approximate surface area is 126 Å². The Balaban J connectivity index is 2.88. The fourth-order valence-corrected chi connectivity index (χ4v) is 3.32. The molecule has 0 rings (SSSR count). The molecule has 0 aliphatic carbocycles. The van der Waals surface area contributed by atoms with Crippen LogP contribution in [0.4, 0.5) is 0 Å². The van der Waals surface area contributed by atoms with Crippen molar-refractivity contribution in [3.05, 3.63) is 0 Å². The van der Waals surface area contributed by atoms with Crippen LogP contribution in [0.25, 0.3) is 0 Å². The number of unbranched alkanes of at least 4 members (excludes halogenated alkanes) is 11. The smallest absolute Gasteiger partial charge is 0.00555 e. The highest BCUT2D eigenvalue weighted by Gasteiger charge is 1.94. The summed E-state index contributed by atoms with van der Waals surface area (Å²) < 4.78 is 0. The minimum absolute atomic E-state index is 0.853. The van der Waals surface area contributed by atoms with Gasteiger partial charge in [0, 0.05) is 0 Å². The van der Waals surface area contributed by atoms with E-state index in [1.165, 1.54) is 95.0 Å². The normalized spacial score (nSPS) is 11.1. The molecule has 19 heavy (non-hydrogen) atoms. The molecule has 0 saturated heterocycles. The van der Waals surface area contributed by atoms with Crippen LogP contribution in [0.2, 0.25) is 0 Å². The molecule has 0 aromatic heterocycles. The van der Waals surface area contributed by atoms with Crippen molar-refractivity contribution in [1.29, 1.82) is 0 Å². The molecule has 0 unspecified atom stereocenters. The van der Waals surface area contributed by atoms with E-state index in [2.05, 4.69) is 18.7 Å². The van der Waals surface area contributed by atoms with Gasteiger partial charge in [-0.15, -0.1) is 0 Å². The zero-order valence-corrected chi connectivity index (χ0v) is 14.1. The number of thioether (sulfide) groups is 1. The van der Waals surface area contributed by atoms with Crippen LogP contribution in [0.15, 0.2) is 0 Å². The first-order chi connectivity index (χ1) is 9.41. The molecule has 0 aliphatic heterocycles. The van der Waals surface area contributed by atoms with Gasteiger partial charge in [-0.2, -0.15) is 11.8 Å². The largest absolute Gasteiger partial charge is 0.330 e. The Kier molecular flexibility index (Phi) is 18.6. The van der Waals surface area contributed by atoms with E-state index < -0.39 is 0 Å². The quantitative estimate of drug-likeness (QED) is 0.365. The number of nitrogens with two attached hydrogens (primary N) is 1. The second-order valence-corrected chi connectivity index (χ2v) is 6.87. The molecule has 116 valence electrons. The fraction of sp³-hybridized carbons (Fsp3) is 1.00. The maximum absolute atomic E-state index is 5.47. The highest BCUT2D eigenvalue weighted by atomic mass is 32.2. The van der Waals surface area contributed by atoms with Crippen LogP contribution in [-0.4, -0.2) is 18.1 Å². The van der Waals surface area contributed by atoms with Gasteiger partial charge in [-0.05, 0) is 30.9 Å². The fourth-order valence-electron chi connectivity index (χ4n) is 2.33. The van der Waals surface area contributed by atoms with Crippen LogP contribution in [0.1, 0.15) is 90.4 Å². The second-order valence-electron chi connectivity index (χ2n) is 5.64. The third kappa shape index (κ3) is 18.3. The Bertz CT molecular complexity index is 134. The molecule has 0 saturated carbocycles. The van der Waals surface area contributed by atoms with E-state index in [1.807, 2.05) is 0 Å². The molecule has 0 fully saturated rings. The zero-order valence-electron chi connectivity index (χ0n) is 13.3. The lowest BCUT2D eigenvalue weighted by Crippen LogP contribution is -1.99. The monoisotopic (exact) mass is 287 g/mol. The summed E-state index contributed by atoms with van der Waals surface area (Å²) in [4.78, 5) is 0. The van der Waals surface area contributed by atoms with Crippen LogP contribution in [0.5, 0.6) is 0 Å². The standard InChI is InChI=1S/C17H37NS/c1-2-3-4-5-6-7-8-9-10-11-12-13-16-19-17-14-15-18/h2-18H2,1H3. The molecule has 0 atom stereocenters. The van der Waals surface area contributed by atoms with Crippen molar-refractivity contribution in [3.63, 3.8) is 0 Å². The predicted molar refractivity (Wildman–Crippen MR) is 92.1 cm³/mol. The van der Waals surface area contributed by atoms with Gasteiger partial charge in [0.25, 0.3) is 0 Å². The minimum Gasteiger partial charge on any atom is -0.330 e. The topological polar surface area (TPSA) is 26.0 Å². The van der Waals surface area contributed by atoms with Crippen molar-refractivity contribution in [2.24, 2.45) is 5.73 Å². The van der Waals surface area contributed by atoms with E-state index in [0.717, 1.165) is 6.54 Å². The third-order valence-corrected chi connectivity index (χ3v) is 4.79. The predicted octanol–water partition coefficient (Wildman–Crippen LogP) is 5.77. The Hall–Kier alpha value is 0.310. The summed E-state index contributed by atoms with van der Waals surface area (Å²) in [6.07, 6.45) is 18.5. The van der Waals surface area contributed by atoms with Gasteiger partial charge < -0.3 is 5.73 Å². The minimum atomic E-state index is 0.853. The molecular weight excluding hydrogens is 250 g/mol. The van der Waals surface area contributed by atoms with Crippen LogP contribution in [0, 0.1) is 0 Å². The zero-order chi connectivity index (χ0) is 14.0. The van der Waals surface area contributed by atoms with Gasteiger partial charge in [-0.25, -0.2) is 0 Å². The molecular formula is C17H37NS. The van der Waals surface area contributed by atoms with Crippen molar-refractivity contribution in [2.75, 3.05) is 18.1 Å². The summed E-state index contributed by atoms with van der Waals surface area (Å²) in [7, 11) is 0. The molecule has 0 heterocycles. The summed E-state index contributed by atoms with van der Waals surface area (Å²) in [5.74, 6) is 2.60. The molecule has 0 bridgehead atoms. The summed E-state index contributed by atoms with van der Waals surface area (Å²) in [6, 6.07) is 0. The summed E-state index contributed by atoms with van der Waals surface area (Å²) in [5.41, 5.74) is 5.47. The Morgan fingerprint density at radius 1 is 0.579 bits per heavy atom. The summed E-state index contributed by atoms with van der Waals surface area (Å²) in [6.45, 7) is 3.14. The van der Waals surface area contributed by atoms with Crippen LogP contribution < -0.4 is 5.73 Å². The highest BCUT2D eigenvalue weighted by molar-refractivity contribution is 7.99. The van der Waals surface area contributed by atoms with E-state index >= 15 is 0 Å². The molecule has 2 heteroatoms. The molecule has 2 N–H and O–H groups in total. The summed E-state index contributed by atoms with van der Waals surface area (Å²) >= 11 is 2.08. The SMILES string of the molecule is CCCCCCCCCCCCCCSCCCN. The average Bonchev–Trinajstić information content (AvgIpc) is 2.43. The summed E-state index contributed by atoms with van der Waals surface area (Å²) in [5, 5.41) is 0. The molecule has 0 radical (unpaired) electrons. The molecule has 0 aliphatic rings. The van der Waals surface area contributed by atoms with Gasteiger partial charge in [-0.3, -0.25) is 0 Å². The van der Waals surface area contributed by atoms with Crippen molar-refractivity contribution in [2.45, 2.75) is 90.4 Å². The van der Waals surface area contributed by atoms with Crippen LogP contribution in [0.3, 0.4) is 0 Å². The molecule has 0 aromatic carbocycles. The van der Waals surface area contributed by atoms with Crippen LogP contribution >= 0.6 is 11.8 Å². The number of rotatable bonds is 16.